The highest BCUT2D eigenvalue weighted by Crippen LogP contribution is 2.31. The Balaban J connectivity index is 2.16. The summed E-state index contributed by atoms with van der Waals surface area (Å²) in [7, 11) is 0. The van der Waals surface area contributed by atoms with Crippen LogP contribution in [0, 0.1) is 5.92 Å². The molecule has 1 heterocycles. The molecular weight excluding hydrogens is 449 g/mol. The van der Waals surface area contributed by atoms with Crippen molar-refractivity contribution in [1.82, 2.24) is 5.32 Å². The Labute approximate surface area is 186 Å². The van der Waals surface area contributed by atoms with Gasteiger partial charge in [0, 0.05) is 10.4 Å². The van der Waals surface area contributed by atoms with Crippen LogP contribution in [0.25, 0.3) is 0 Å². The van der Waals surface area contributed by atoms with Crippen LogP contribution >= 0.6 is 11.3 Å². The molecule has 2 aromatic rings. The maximum Gasteiger partial charge on any atom is 0.573 e. The smallest absolute Gasteiger partial charge is 0.480 e. The fourth-order valence-corrected chi connectivity index (χ4v) is 3.83. The van der Waals surface area contributed by atoms with Gasteiger partial charge in [0.2, 0.25) is 5.91 Å². The molecule has 0 aliphatic carbocycles. The highest BCUT2D eigenvalue weighted by atomic mass is 32.1. The largest absolute Gasteiger partial charge is 0.573 e. The molecule has 1 aromatic carbocycles. The van der Waals surface area contributed by atoms with Crippen LogP contribution in [0.15, 0.2) is 30.3 Å². The predicted octanol–water partition coefficient (Wildman–Crippen LogP) is 4.08. The van der Waals surface area contributed by atoms with Gasteiger partial charge in [-0.15, -0.1) is 24.5 Å². The molecule has 0 saturated carbocycles. The molecule has 0 unspecified atom stereocenters. The van der Waals surface area contributed by atoms with Gasteiger partial charge in [-0.2, -0.15) is 0 Å². The molecule has 7 nitrogen and oxygen atoms in total. The summed E-state index contributed by atoms with van der Waals surface area (Å²) in [6.07, 6.45) is -4.23. The molecule has 0 saturated heterocycles. The number of thiophene rings is 1. The van der Waals surface area contributed by atoms with Crippen molar-refractivity contribution in [3.8, 4) is 5.75 Å². The van der Waals surface area contributed by atoms with Crippen LogP contribution in [-0.2, 0) is 16.0 Å². The molecule has 0 spiro atoms. The number of halogens is 3. The monoisotopic (exact) mass is 472 g/mol. The van der Waals surface area contributed by atoms with E-state index in [1.54, 1.807) is 19.9 Å². The standard InChI is InChI=1S/C21H23F3N2O5S/c1-4-14-9-15(18(28)12-5-7-13(8-6-12)31-21(22,23)24)19(32-14)26-16(27)10-25-17(11(2)3)20(29)30/h5-9,11,17,25H,4,10H2,1-3H3,(H,26,27)(H,29,30)/t17-/m1/s1. The zero-order chi connectivity index (χ0) is 24.1. The summed E-state index contributed by atoms with van der Waals surface area (Å²) in [6.45, 7) is 5.01. The fraction of sp³-hybridized carbons (Fsp3) is 0.381. The molecule has 3 N–H and O–H groups in total. The number of carbonyl (C=O) groups excluding carboxylic acids is 2. The van der Waals surface area contributed by atoms with Gasteiger partial charge in [-0.05, 0) is 42.7 Å². The molecule has 1 amide bonds. The maximum absolute atomic E-state index is 12.9. The van der Waals surface area contributed by atoms with Gasteiger partial charge < -0.3 is 15.2 Å². The summed E-state index contributed by atoms with van der Waals surface area (Å²) in [5.74, 6) is -2.77. The Morgan fingerprint density at radius 1 is 1.16 bits per heavy atom. The summed E-state index contributed by atoms with van der Waals surface area (Å²) in [6, 6.07) is 5.19. The molecule has 174 valence electrons. The lowest BCUT2D eigenvalue weighted by molar-refractivity contribution is -0.274. The van der Waals surface area contributed by atoms with Gasteiger partial charge in [0.15, 0.2) is 5.78 Å². The van der Waals surface area contributed by atoms with E-state index in [4.69, 9.17) is 0 Å². The first-order valence-corrected chi connectivity index (χ1v) is 10.5. The normalized spacial score (nSPS) is 12.5. The van der Waals surface area contributed by atoms with Gasteiger partial charge in [-0.25, -0.2) is 0 Å². The van der Waals surface area contributed by atoms with Crippen molar-refractivity contribution in [2.24, 2.45) is 5.92 Å². The van der Waals surface area contributed by atoms with Crippen LogP contribution in [-0.4, -0.2) is 41.7 Å². The first-order chi connectivity index (χ1) is 14.9. The number of aliphatic carboxylic acids is 1. The van der Waals surface area contributed by atoms with E-state index in [1.165, 1.54) is 23.5 Å². The summed E-state index contributed by atoms with van der Waals surface area (Å²) in [5, 5.41) is 14.8. The third-order valence-electron chi connectivity index (χ3n) is 4.39. The number of aryl methyl sites for hydroxylation is 1. The van der Waals surface area contributed by atoms with Gasteiger partial charge in [0.1, 0.15) is 16.8 Å². The zero-order valence-corrected chi connectivity index (χ0v) is 18.4. The Morgan fingerprint density at radius 2 is 1.78 bits per heavy atom. The molecule has 11 heteroatoms. The number of carbonyl (C=O) groups is 3. The first kappa shape index (κ1) is 25.3. The molecule has 1 aromatic heterocycles. The number of carboxylic acid groups (broad SMARTS) is 1. The molecule has 0 aliphatic rings. The van der Waals surface area contributed by atoms with E-state index in [0.29, 0.717) is 6.42 Å². The predicted molar refractivity (Wildman–Crippen MR) is 113 cm³/mol. The number of rotatable bonds is 10. The lowest BCUT2D eigenvalue weighted by Crippen LogP contribution is -2.44. The molecule has 1 atom stereocenters. The molecule has 0 fully saturated rings. The lowest BCUT2D eigenvalue weighted by atomic mass is 10.0. The van der Waals surface area contributed by atoms with Crippen LogP contribution in [0.4, 0.5) is 18.2 Å². The number of benzene rings is 1. The average molecular weight is 472 g/mol. The summed E-state index contributed by atoms with van der Waals surface area (Å²) >= 11 is 1.20. The SMILES string of the molecule is CCc1cc(C(=O)c2ccc(OC(F)(F)F)cc2)c(NC(=O)CN[C@@H](C(=O)O)C(C)C)s1. The number of amides is 1. The van der Waals surface area contributed by atoms with E-state index >= 15 is 0 Å². The number of ether oxygens (including phenoxy) is 1. The van der Waals surface area contributed by atoms with E-state index < -0.39 is 35.8 Å². The topological polar surface area (TPSA) is 105 Å². The summed E-state index contributed by atoms with van der Waals surface area (Å²) in [5.41, 5.74) is 0.322. The van der Waals surface area contributed by atoms with Gasteiger partial charge in [0.05, 0.1) is 12.1 Å². The van der Waals surface area contributed by atoms with Crippen molar-refractivity contribution in [2.75, 3.05) is 11.9 Å². The second-order valence-electron chi connectivity index (χ2n) is 7.20. The van der Waals surface area contributed by atoms with Crippen LogP contribution in [0.1, 0.15) is 41.6 Å². The zero-order valence-electron chi connectivity index (χ0n) is 17.6. The quantitative estimate of drug-likeness (QED) is 0.450. The summed E-state index contributed by atoms with van der Waals surface area (Å²) in [4.78, 5) is 37.3. The second-order valence-corrected chi connectivity index (χ2v) is 8.34. The molecular formula is C21H23F3N2O5S. The Bertz CT molecular complexity index is 971. The highest BCUT2D eigenvalue weighted by Gasteiger charge is 2.31. The number of ketones is 1. The molecule has 32 heavy (non-hydrogen) atoms. The Morgan fingerprint density at radius 3 is 2.28 bits per heavy atom. The van der Waals surface area contributed by atoms with Crippen LogP contribution in [0.5, 0.6) is 5.75 Å². The van der Waals surface area contributed by atoms with Gasteiger partial charge >= 0.3 is 12.3 Å². The third kappa shape index (κ3) is 7.06. The van der Waals surface area contributed by atoms with Crippen LogP contribution in [0.2, 0.25) is 0 Å². The molecule has 0 bridgehead atoms. The summed E-state index contributed by atoms with van der Waals surface area (Å²) < 4.78 is 40.8. The minimum atomic E-state index is -4.84. The number of carboxylic acids is 1. The number of hydrogen-bond donors (Lipinski definition) is 3. The van der Waals surface area contributed by atoms with Gasteiger partial charge in [-0.1, -0.05) is 20.8 Å². The molecule has 2 rings (SSSR count). The fourth-order valence-electron chi connectivity index (χ4n) is 2.82. The van der Waals surface area contributed by atoms with E-state index in [9.17, 15) is 32.7 Å². The van der Waals surface area contributed by atoms with Crippen LogP contribution in [0.3, 0.4) is 0 Å². The Hall–Kier alpha value is -2.92. The maximum atomic E-state index is 12.9. The second kappa shape index (κ2) is 10.6. The van der Waals surface area contributed by atoms with Crippen LogP contribution < -0.4 is 15.4 Å². The average Bonchev–Trinajstić information content (AvgIpc) is 3.09. The Kier molecular flexibility index (Phi) is 8.39. The van der Waals surface area contributed by atoms with Crippen molar-refractivity contribution >= 4 is 34.0 Å². The van der Waals surface area contributed by atoms with E-state index in [0.717, 1.165) is 17.0 Å². The third-order valence-corrected chi connectivity index (χ3v) is 5.59. The minimum Gasteiger partial charge on any atom is -0.480 e. The van der Waals surface area contributed by atoms with E-state index in [1.807, 2.05) is 6.92 Å². The number of anilines is 1. The first-order valence-electron chi connectivity index (χ1n) is 9.70. The number of nitrogens with one attached hydrogen (secondary N) is 2. The molecule has 0 radical (unpaired) electrons. The number of hydrogen-bond acceptors (Lipinski definition) is 6. The molecule has 0 aliphatic heterocycles. The van der Waals surface area contributed by atoms with E-state index in [-0.39, 0.29) is 28.6 Å². The number of alkyl halides is 3. The van der Waals surface area contributed by atoms with E-state index in [2.05, 4.69) is 15.4 Å². The van der Waals surface area contributed by atoms with Gasteiger partial charge in [0.25, 0.3) is 0 Å². The van der Waals surface area contributed by atoms with Crippen molar-refractivity contribution < 1.29 is 37.4 Å². The van der Waals surface area contributed by atoms with Crippen molar-refractivity contribution in [3.63, 3.8) is 0 Å². The highest BCUT2D eigenvalue weighted by molar-refractivity contribution is 7.16. The van der Waals surface area contributed by atoms with Crippen molar-refractivity contribution in [3.05, 3.63) is 46.3 Å². The lowest BCUT2D eigenvalue weighted by Gasteiger charge is -2.17. The van der Waals surface area contributed by atoms with Gasteiger partial charge in [-0.3, -0.25) is 19.7 Å². The van der Waals surface area contributed by atoms with Crippen molar-refractivity contribution in [2.45, 2.75) is 39.6 Å². The minimum absolute atomic E-state index is 0.124. The van der Waals surface area contributed by atoms with Crippen molar-refractivity contribution in [1.29, 1.82) is 0 Å².